The lowest BCUT2D eigenvalue weighted by molar-refractivity contribution is 0.785. The highest BCUT2D eigenvalue weighted by molar-refractivity contribution is 7.71. The van der Waals surface area contributed by atoms with E-state index in [2.05, 4.69) is 15.3 Å². The summed E-state index contributed by atoms with van der Waals surface area (Å²) in [5, 5.41) is 4.10. The van der Waals surface area contributed by atoms with E-state index in [1.807, 2.05) is 24.3 Å². The minimum atomic E-state index is 0.512. The van der Waals surface area contributed by atoms with Crippen LogP contribution in [0.4, 0.5) is 5.82 Å². The van der Waals surface area contributed by atoms with Crippen LogP contribution >= 0.6 is 23.8 Å². The van der Waals surface area contributed by atoms with Crippen molar-refractivity contribution >= 4 is 29.6 Å². The summed E-state index contributed by atoms with van der Waals surface area (Å²) < 4.78 is 0.512. The molecule has 0 aliphatic carbocycles. The summed E-state index contributed by atoms with van der Waals surface area (Å²) in [4.78, 5) is 7.62. The Morgan fingerprint density at radius 3 is 2.74 bits per heavy atom. The molecule has 0 atom stereocenters. The summed E-state index contributed by atoms with van der Waals surface area (Å²) in [7, 11) is 0. The molecular formula is C14H14ClN3S. The fraction of sp³-hybridized carbons (Fsp3) is 0.286. The molecule has 2 aromatic rings. The van der Waals surface area contributed by atoms with Gasteiger partial charge in [0, 0.05) is 17.1 Å². The Balaban J connectivity index is 2.17. The van der Waals surface area contributed by atoms with Gasteiger partial charge in [0.1, 0.15) is 5.82 Å². The minimum absolute atomic E-state index is 0.512. The predicted molar refractivity (Wildman–Crippen MR) is 81.3 cm³/mol. The van der Waals surface area contributed by atoms with Crippen molar-refractivity contribution in [3.8, 4) is 11.3 Å². The topological polar surface area (TPSA) is 40.7 Å². The fourth-order valence-electron chi connectivity index (χ4n) is 2.38. The number of H-pyrrole nitrogens is 1. The summed E-state index contributed by atoms with van der Waals surface area (Å²) in [6.45, 7) is 0.957. The largest absolute Gasteiger partial charge is 0.370 e. The van der Waals surface area contributed by atoms with E-state index in [-0.39, 0.29) is 0 Å². The first-order valence-corrected chi connectivity index (χ1v) is 7.16. The van der Waals surface area contributed by atoms with Crippen LogP contribution in [0.5, 0.6) is 0 Å². The summed E-state index contributed by atoms with van der Waals surface area (Å²) in [6, 6.07) is 7.80. The molecule has 2 N–H and O–H groups in total. The smallest absolute Gasteiger partial charge is 0.199 e. The number of hydrogen-bond donors (Lipinski definition) is 2. The third kappa shape index (κ3) is 2.65. The van der Waals surface area contributed by atoms with Gasteiger partial charge in [-0.05, 0) is 49.2 Å². The standard InChI is InChI=1S/C14H14ClN3S/c15-10-6-4-9(5-7-10)12-11-3-1-2-8-16-13(11)18-14(19)17-12/h4-7H,1-3,8H2,(H2,16,17,18,19). The van der Waals surface area contributed by atoms with E-state index >= 15 is 0 Å². The SMILES string of the molecule is S=c1nc2c(c(-c3ccc(Cl)cc3)[nH]1)CCCCN2. The Hall–Kier alpha value is -1.39. The molecule has 19 heavy (non-hydrogen) atoms. The van der Waals surface area contributed by atoms with Crippen molar-refractivity contribution in [2.75, 3.05) is 11.9 Å². The Morgan fingerprint density at radius 2 is 1.95 bits per heavy atom. The van der Waals surface area contributed by atoms with E-state index in [0.29, 0.717) is 4.77 Å². The molecule has 0 bridgehead atoms. The Kier molecular flexibility index (Phi) is 3.53. The van der Waals surface area contributed by atoms with Gasteiger partial charge in [0.25, 0.3) is 0 Å². The second-order valence-electron chi connectivity index (χ2n) is 4.63. The first-order valence-electron chi connectivity index (χ1n) is 6.37. The molecule has 98 valence electrons. The highest BCUT2D eigenvalue weighted by Gasteiger charge is 2.15. The molecule has 0 unspecified atom stereocenters. The van der Waals surface area contributed by atoms with Crippen LogP contribution in [0.25, 0.3) is 11.3 Å². The second kappa shape index (κ2) is 5.31. The number of fused-ring (bicyclic) bond motifs is 1. The van der Waals surface area contributed by atoms with Crippen molar-refractivity contribution in [3.63, 3.8) is 0 Å². The van der Waals surface area contributed by atoms with E-state index in [1.165, 1.54) is 5.56 Å². The zero-order chi connectivity index (χ0) is 13.2. The van der Waals surface area contributed by atoms with Gasteiger partial charge in [-0.2, -0.15) is 0 Å². The first-order chi connectivity index (χ1) is 9.24. The molecule has 3 rings (SSSR count). The number of nitrogens with zero attached hydrogens (tertiary/aromatic N) is 1. The normalized spacial score (nSPS) is 14.4. The first kappa shape index (κ1) is 12.6. The van der Waals surface area contributed by atoms with Crippen molar-refractivity contribution in [3.05, 3.63) is 39.6 Å². The average Bonchev–Trinajstić information content (AvgIpc) is 2.64. The molecule has 0 radical (unpaired) electrons. The van der Waals surface area contributed by atoms with Gasteiger partial charge in [0.05, 0.1) is 5.69 Å². The number of benzene rings is 1. The third-order valence-corrected chi connectivity index (χ3v) is 3.76. The molecule has 3 nitrogen and oxygen atoms in total. The Bertz CT molecular complexity index is 649. The van der Waals surface area contributed by atoms with Gasteiger partial charge in [0.2, 0.25) is 0 Å². The number of rotatable bonds is 1. The maximum Gasteiger partial charge on any atom is 0.199 e. The number of halogens is 1. The van der Waals surface area contributed by atoms with Gasteiger partial charge in [-0.25, -0.2) is 4.98 Å². The van der Waals surface area contributed by atoms with Crippen LogP contribution in [-0.4, -0.2) is 16.5 Å². The van der Waals surface area contributed by atoms with E-state index < -0.39 is 0 Å². The summed E-state index contributed by atoms with van der Waals surface area (Å²) in [6.07, 6.45) is 3.33. The lowest BCUT2D eigenvalue weighted by Crippen LogP contribution is -2.05. The lowest BCUT2D eigenvalue weighted by Gasteiger charge is -2.12. The molecule has 5 heteroatoms. The molecular weight excluding hydrogens is 278 g/mol. The van der Waals surface area contributed by atoms with Crippen LogP contribution in [0.1, 0.15) is 18.4 Å². The Labute approximate surface area is 122 Å². The molecule has 1 aromatic heterocycles. The average molecular weight is 292 g/mol. The van der Waals surface area contributed by atoms with Gasteiger partial charge in [-0.1, -0.05) is 23.7 Å². The monoisotopic (exact) mass is 291 g/mol. The molecule has 2 heterocycles. The maximum absolute atomic E-state index is 5.94. The highest BCUT2D eigenvalue weighted by atomic mass is 35.5. The van der Waals surface area contributed by atoms with Crippen molar-refractivity contribution in [1.29, 1.82) is 0 Å². The van der Waals surface area contributed by atoms with Crippen LogP contribution in [-0.2, 0) is 6.42 Å². The third-order valence-electron chi connectivity index (χ3n) is 3.31. The van der Waals surface area contributed by atoms with Crippen LogP contribution in [0.2, 0.25) is 5.02 Å². The minimum Gasteiger partial charge on any atom is -0.370 e. The van der Waals surface area contributed by atoms with Gasteiger partial charge in [0.15, 0.2) is 4.77 Å². The molecule has 0 fully saturated rings. The van der Waals surface area contributed by atoms with Crippen molar-refractivity contribution in [2.24, 2.45) is 0 Å². The van der Waals surface area contributed by atoms with E-state index in [4.69, 9.17) is 23.8 Å². The van der Waals surface area contributed by atoms with Crippen LogP contribution < -0.4 is 5.32 Å². The Morgan fingerprint density at radius 1 is 1.16 bits per heavy atom. The zero-order valence-electron chi connectivity index (χ0n) is 10.4. The molecule has 0 saturated heterocycles. The van der Waals surface area contributed by atoms with Crippen molar-refractivity contribution in [1.82, 2.24) is 9.97 Å². The van der Waals surface area contributed by atoms with Crippen LogP contribution in [0.15, 0.2) is 24.3 Å². The maximum atomic E-state index is 5.94. The van der Waals surface area contributed by atoms with Crippen LogP contribution in [0, 0.1) is 4.77 Å². The van der Waals surface area contributed by atoms with Gasteiger partial charge >= 0.3 is 0 Å². The summed E-state index contributed by atoms with van der Waals surface area (Å²) >= 11 is 11.2. The number of anilines is 1. The fourth-order valence-corrected chi connectivity index (χ4v) is 2.70. The molecule has 0 saturated carbocycles. The summed E-state index contributed by atoms with van der Waals surface area (Å²) in [5.74, 6) is 0.922. The van der Waals surface area contributed by atoms with Crippen molar-refractivity contribution in [2.45, 2.75) is 19.3 Å². The number of nitrogens with one attached hydrogen (secondary N) is 2. The number of aromatic amines is 1. The van der Waals surface area contributed by atoms with E-state index in [9.17, 15) is 0 Å². The van der Waals surface area contributed by atoms with Crippen LogP contribution in [0.3, 0.4) is 0 Å². The predicted octanol–water partition coefficient (Wildman–Crippen LogP) is 4.21. The lowest BCUT2D eigenvalue weighted by atomic mass is 10.0. The number of hydrogen-bond acceptors (Lipinski definition) is 3. The van der Waals surface area contributed by atoms with Gasteiger partial charge in [-0.3, -0.25) is 0 Å². The molecule has 0 spiro atoms. The molecule has 0 amide bonds. The summed E-state index contributed by atoms with van der Waals surface area (Å²) in [5.41, 5.74) is 3.37. The highest BCUT2D eigenvalue weighted by Crippen LogP contribution is 2.29. The van der Waals surface area contributed by atoms with Crippen molar-refractivity contribution < 1.29 is 0 Å². The number of aromatic nitrogens is 2. The quantitative estimate of drug-likeness (QED) is 0.773. The second-order valence-corrected chi connectivity index (χ2v) is 5.46. The van der Waals surface area contributed by atoms with E-state index in [1.54, 1.807) is 0 Å². The van der Waals surface area contributed by atoms with Gasteiger partial charge in [-0.15, -0.1) is 0 Å². The van der Waals surface area contributed by atoms with E-state index in [0.717, 1.165) is 47.9 Å². The van der Waals surface area contributed by atoms with Gasteiger partial charge < -0.3 is 10.3 Å². The zero-order valence-corrected chi connectivity index (χ0v) is 11.9. The molecule has 1 aliphatic rings. The molecule has 1 aromatic carbocycles. The molecule has 1 aliphatic heterocycles.